The van der Waals surface area contributed by atoms with Crippen LogP contribution in [0, 0.1) is 5.92 Å². The fourth-order valence-corrected chi connectivity index (χ4v) is 3.44. The van der Waals surface area contributed by atoms with Gasteiger partial charge < -0.3 is 4.74 Å². The van der Waals surface area contributed by atoms with Gasteiger partial charge in [-0.15, -0.1) is 4.52 Å². The van der Waals surface area contributed by atoms with Crippen molar-refractivity contribution >= 4 is 8.03 Å². The maximum Gasteiger partial charge on any atom is 0.556 e. The molecule has 3 nitrogen and oxygen atoms in total. The fraction of sp³-hybridized carbons (Fsp3) is 0.538. The lowest BCUT2D eigenvalue weighted by atomic mass is 10.1. The van der Waals surface area contributed by atoms with E-state index in [2.05, 4.69) is 0 Å². The summed E-state index contributed by atoms with van der Waals surface area (Å²) in [5.74, 6) is 1.12. The first kappa shape index (κ1) is 12.5. The average Bonchev–Trinajstić information content (AvgIpc) is 3.21. The molecule has 0 amide bonds. The summed E-state index contributed by atoms with van der Waals surface area (Å²) in [4.78, 5) is 0. The van der Waals surface area contributed by atoms with Gasteiger partial charge in [0.15, 0.2) is 0 Å². The van der Waals surface area contributed by atoms with Crippen molar-refractivity contribution in [1.82, 2.24) is 0 Å². The normalized spacial score (nSPS) is 19.5. The van der Waals surface area contributed by atoms with E-state index in [1.807, 2.05) is 37.3 Å². The molecule has 1 saturated carbocycles. The summed E-state index contributed by atoms with van der Waals surface area (Å²) >= 11 is 0. The van der Waals surface area contributed by atoms with Crippen molar-refractivity contribution < 1.29 is 13.8 Å². The van der Waals surface area contributed by atoms with Crippen LogP contribution in [0.5, 0.6) is 5.75 Å². The minimum absolute atomic E-state index is 0.358. The van der Waals surface area contributed by atoms with E-state index in [9.17, 15) is 4.57 Å². The molecule has 0 aromatic heterocycles. The standard InChI is InChI=1S/C13H18O3P/c1-3-13(11-9-10-11,17(14)15-2)16-12-7-5-4-6-8-12/h4-8,11H,3,9-10H2,1-2H3/q+1. The number of benzene rings is 1. The first-order valence-corrected chi connectivity index (χ1v) is 7.16. The van der Waals surface area contributed by atoms with Crippen LogP contribution in [0.1, 0.15) is 26.2 Å². The summed E-state index contributed by atoms with van der Waals surface area (Å²) in [6, 6.07) is 9.57. The first-order chi connectivity index (χ1) is 8.23. The van der Waals surface area contributed by atoms with E-state index in [0.29, 0.717) is 12.3 Å². The molecular weight excluding hydrogens is 235 g/mol. The minimum Gasteiger partial charge on any atom is -0.442 e. The highest BCUT2D eigenvalue weighted by atomic mass is 31.1. The molecule has 0 radical (unpaired) electrons. The second kappa shape index (κ2) is 5.16. The van der Waals surface area contributed by atoms with E-state index < -0.39 is 13.4 Å². The van der Waals surface area contributed by atoms with Crippen LogP contribution < -0.4 is 4.74 Å². The summed E-state index contributed by atoms with van der Waals surface area (Å²) in [6.07, 6.45) is 2.85. The van der Waals surface area contributed by atoms with Crippen LogP contribution in [0.4, 0.5) is 0 Å². The quantitative estimate of drug-likeness (QED) is 0.719. The van der Waals surface area contributed by atoms with Crippen LogP contribution in [-0.2, 0) is 9.09 Å². The maximum atomic E-state index is 12.2. The summed E-state index contributed by atoms with van der Waals surface area (Å²) in [6.45, 7) is 2.01. The van der Waals surface area contributed by atoms with Gasteiger partial charge in [-0.2, -0.15) is 0 Å². The van der Waals surface area contributed by atoms with Crippen molar-refractivity contribution in [3.05, 3.63) is 30.3 Å². The van der Waals surface area contributed by atoms with Crippen molar-refractivity contribution in [2.45, 2.75) is 31.5 Å². The predicted molar refractivity (Wildman–Crippen MR) is 67.4 cm³/mol. The molecule has 1 aromatic rings. The lowest BCUT2D eigenvalue weighted by molar-refractivity contribution is 0.112. The Morgan fingerprint density at radius 3 is 2.47 bits per heavy atom. The Balaban J connectivity index is 2.24. The lowest BCUT2D eigenvalue weighted by Gasteiger charge is -2.22. The molecule has 92 valence electrons. The van der Waals surface area contributed by atoms with Gasteiger partial charge in [0.1, 0.15) is 5.75 Å². The Bertz CT molecular complexity index is 389. The van der Waals surface area contributed by atoms with E-state index in [1.165, 1.54) is 7.11 Å². The van der Waals surface area contributed by atoms with Crippen LogP contribution in [0.2, 0.25) is 0 Å². The third-order valence-electron chi connectivity index (χ3n) is 3.23. The molecule has 1 aromatic carbocycles. The summed E-state index contributed by atoms with van der Waals surface area (Å²) in [5.41, 5.74) is 0. The molecule has 0 aliphatic heterocycles. The van der Waals surface area contributed by atoms with Crippen molar-refractivity contribution in [3.63, 3.8) is 0 Å². The fourth-order valence-electron chi connectivity index (χ4n) is 2.14. The molecule has 2 atom stereocenters. The monoisotopic (exact) mass is 253 g/mol. The van der Waals surface area contributed by atoms with Crippen molar-refractivity contribution in [2.75, 3.05) is 7.11 Å². The van der Waals surface area contributed by atoms with E-state index in [4.69, 9.17) is 9.26 Å². The van der Waals surface area contributed by atoms with Crippen LogP contribution in [0.25, 0.3) is 0 Å². The molecule has 1 aliphatic carbocycles. The highest BCUT2D eigenvalue weighted by molar-refractivity contribution is 7.40. The number of hydrogen-bond donors (Lipinski definition) is 0. The van der Waals surface area contributed by atoms with E-state index >= 15 is 0 Å². The van der Waals surface area contributed by atoms with Gasteiger partial charge in [-0.3, -0.25) is 0 Å². The molecule has 2 unspecified atom stereocenters. The second-order valence-corrected chi connectivity index (χ2v) is 5.96. The van der Waals surface area contributed by atoms with Gasteiger partial charge in [0.2, 0.25) is 0 Å². The molecular formula is C13H18O3P+. The molecule has 0 spiro atoms. The van der Waals surface area contributed by atoms with Crippen molar-refractivity contribution in [1.29, 1.82) is 0 Å². The van der Waals surface area contributed by atoms with Crippen LogP contribution in [0.3, 0.4) is 0 Å². The van der Waals surface area contributed by atoms with Crippen LogP contribution in [0.15, 0.2) is 30.3 Å². The van der Waals surface area contributed by atoms with Gasteiger partial charge in [-0.05, 0) is 29.5 Å². The highest BCUT2D eigenvalue weighted by Crippen LogP contribution is 2.56. The smallest absolute Gasteiger partial charge is 0.442 e. The number of rotatable bonds is 6. The number of ether oxygens (including phenoxy) is 1. The molecule has 4 heteroatoms. The summed E-state index contributed by atoms with van der Waals surface area (Å²) in [7, 11) is -0.313. The highest BCUT2D eigenvalue weighted by Gasteiger charge is 2.62. The Hall–Kier alpha value is -0.920. The Labute approximate surface area is 103 Å². The Morgan fingerprint density at radius 2 is 2.00 bits per heavy atom. The van der Waals surface area contributed by atoms with Gasteiger partial charge in [-0.25, -0.2) is 0 Å². The third-order valence-corrected chi connectivity index (χ3v) is 4.96. The zero-order valence-electron chi connectivity index (χ0n) is 10.3. The molecule has 0 bridgehead atoms. The number of hydrogen-bond acceptors (Lipinski definition) is 3. The summed E-state index contributed by atoms with van der Waals surface area (Å²) < 4.78 is 23.2. The Morgan fingerprint density at radius 1 is 1.35 bits per heavy atom. The molecule has 2 rings (SSSR count). The largest absolute Gasteiger partial charge is 0.556 e. The lowest BCUT2D eigenvalue weighted by Crippen LogP contribution is -2.34. The zero-order chi connectivity index (χ0) is 12.3. The number of para-hydroxylation sites is 1. The topological polar surface area (TPSA) is 35.5 Å². The SMILES string of the molecule is CCC(Oc1ccccc1)(C1CC1)[P+](=O)OC. The van der Waals surface area contributed by atoms with Crippen LogP contribution in [-0.4, -0.2) is 12.5 Å². The zero-order valence-corrected chi connectivity index (χ0v) is 11.2. The first-order valence-electron chi connectivity index (χ1n) is 5.98. The molecule has 17 heavy (non-hydrogen) atoms. The predicted octanol–water partition coefficient (Wildman–Crippen LogP) is 3.97. The van der Waals surface area contributed by atoms with E-state index in [-0.39, 0.29) is 0 Å². The van der Waals surface area contributed by atoms with Crippen LogP contribution >= 0.6 is 8.03 Å². The maximum absolute atomic E-state index is 12.2. The van der Waals surface area contributed by atoms with Gasteiger partial charge >= 0.3 is 13.4 Å². The third kappa shape index (κ3) is 2.51. The summed E-state index contributed by atoms with van der Waals surface area (Å²) in [5, 5.41) is -0.647. The van der Waals surface area contributed by atoms with Gasteiger partial charge in [0, 0.05) is 12.3 Å². The van der Waals surface area contributed by atoms with Crippen molar-refractivity contribution in [3.8, 4) is 5.75 Å². The van der Waals surface area contributed by atoms with Gasteiger partial charge in [0.25, 0.3) is 0 Å². The van der Waals surface area contributed by atoms with E-state index in [0.717, 1.165) is 18.6 Å². The van der Waals surface area contributed by atoms with Crippen molar-refractivity contribution in [2.24, 2.45) is 5.92 Å². The van der Waals surface area contributed by atoms with E-state index in [1.54, 1.807) is 0 Å². The Kier molecular flexibility index (Phi) is 3.80. The molecule has 1 aliphatic rings. The molecule has 0 heterocycles. The molecule has 0 N–H and O–H groups in total. The van der Waals surface area contributed by atoms with Gasteiger partial charge in [-0.1, -0.05) is 25.1 Å². The molecule has 0 saturated heterocycles. The second-order valence-electron chi connectivity index (χ2n) is 4.33. The van der Waals surface area contributed by atoms with Gasteiger partial charge in [0.05, 0.1) is 7.11 Å². The molecule has 1 fully saturated rings. The minimum atomic E-state index is -1.80. The average molecular weight is 253 g/mol.